The van der Waals surface area contributed by atoms with Crippen molar-refractivity contribution < 1.29 is 13.5 Å². The van der Waals surface area contributed by atoms with E-state index < -0.39 is 10.0 Å². The van der Waals surface area contributed by atoms with Gasteiger partial charge in [-0.3, -0.25) is 0 Å². The molecule has 0 aliphatic carbocycles. The summed E-state index contributed by atoms with van der Waals surface area (Å²) in [7, 11) is -3.50. The monoisotopic (exact) mass is 319 g/mol. The normalized spacial score (nSPS) is 21.9. The maximum atomic E-state index is 12.4. The third-order valence-electron chi connectivity index (χ3n) is 2.96. The van der Waals surface area contributed by atoms with E-state index in [1.54, 1.807) is 24.3 Å². The maximum Gasteiger partial charge on any atom is 0.244 e. The molecule has 1 fully saturated rings. The lowest BCUT2D eigenvalue weighted by Gasteiger charge is -2.22. The van der Waals surface area contributed by atoms with Gasteiger partial charge in [0, 0.05) is 17.1 Å². The molecule has 1 heterocycles. The van der Waals surface area contributed by atoms with E-state index in [4.69, 9.17) is 0 Å². The first kappa shape index (κ1) is 13.0. The zero-order valence-electron chi connectivity index (χ0n) is 9.21. The Hall–Kier alpha value is -0.430. The number of hydrogen-bond donors (Lipinski definition) is 1. The minimum atomic E-state index is -3.50. The number of aliphatic hydroxyl groups excluding tert-OH is 1. The largest absolute Gasteiger partial charge is 0.395 e. The first-order valence-electron chi connectivity index (χ1n) is 5.44. The summed E-state index contributed by atoms with van der Waals surface area (Å²) < 4.78 is 26.8. The number of sulfonamides is 1. The van der Waals surface area contributed by atoms with Gasteiger partial charge in [-0.1, -0.05) is 12.1 Å². The zero-order chi connectivity index (χ0) is 12.5. The molecule has 1 unspecified atom stereocenters. The highest BCUT2D eigenvalue weighted by molar-refractivity contribution is 9.10. The standard InChI is InChI=1S/C11H14BrNO3S/c12-10-5-1-2-6-11(10)17(15,16)13-7-3-4-9(13)8-14/h1-2,5-6,9,14H,3-4,7-8H2. The summed E-state index contributed by atoms with van der Waals surface area (Å²) in [5, 5.41) is 9.20. The lowest BCUT2D eigenvalue weighted by atomic mass is 10.2. The Balaban J connectivity index is 2.40. The quantitative estimate of drug-likeness (QED) is 0.920. The van der Waals surface area contributed by atoms with Crippen molar-refractivity contribution in [2.24, 2.45) is 0 Å². The number of rotatable bonds is 3. The predicted octanol–water partition coefficient (Wildman–Crippen LogP) is 1.59. The van der Waals surface area contributed by atoms with Gasteiger partial charge in [0.25, 0.3) is 0 Å². The molecule has 0 saturated carbocycles. The Morgan fingerprint density at radius 1 is 1.41 bits per heavy atom. The van der Waals surface area contributed by atoms with E-state index in [2.05, 4.69) is 15.9 Å². The molecule has 0 amide bonds. The van der Waals surface area contributed by atoms with Crippen LogP contribution in [0.15, 0.2) is 33.6 Å². The molecule has 0 radical (unpaired) electrons. The second kappa shape index (κ2) is 5.06. The summed E-state index contributed by atoms with van der Waals surface area (Å²) in [4.78, 5) is 0.264. The summed E-state index contributed by atoms with van der Waals surface area (Å²) in [6.45, 7) is 0.360. The molecule has 0 spiro atoms. The van der Waals surface area contributed by atoms with Crippen LogP contribution in [-0.2, 0) is 10.0 Å². The summed E-state index contributed by atoms with van der Waals surface area (Å²) >= 11 is 3.25. The molecule has 1 N–H and O–H groups in total. The van der Waals surface area contributed by atoms with Crippen LogP contribution in [0.4, 0.5) is 0 Å². The molecule has 0 bridgehead atoms. The molecule has 1 aromatic rings. The molecule has 2 rings (SSSR count). The average molecular weight is 320 g/mol. The van der Waals surface area contributed by atoms with Gasteiger partial charge in [-0.25, -0.2) is 8.42 Å². The number of aliphatic hydroxyl groups is 1. The highest BCUT2D eigenvalue weighted by Gasteiger charge is 2.35. The van der Waals surface area contributed by atoms with Gasteiger partial charge in [0.1, 0.15) is 0 Å². The number of benzene rings is 1. The number of nitrogens with zero attached hydrogens (tertiary/aromatic N) is 1. The van der Waals surface area contributed by atoms with Crippen LogP contribution >= 0.6 is 15.9 Å². The highest BCUT2D eigenvalue weighted by atomic mass is 79.9. The van der Waals surface area contributed by atoms with Gasteiger partial charge in [0.05, 0.1) is 11.5 Å². The number of hydrogen-bond acceptors (Lipinski definition) is 3. The van der Waals surface area contributed by atoms with Crippen LogP contribution < -0.4 is 0 Å². The summed E-state index contributed by atoms with van der Waals surface area (Å²) in [5.74, 6) is 0. The SMILES string of the molecule is O=S(=O)(c1ccccc1Br)N1CCCC1CO. The second-order valence-corrected chi connectivity index (χ2v) is 6.74. The van der Waals surface area contributed by atoms with Gasteiger partial charge in [0.15, 0.2) is 0 Å². The summed E-state index contributed by atoms with van der Waals surface area (Å²) in [6.07, 6.45) is 1.52. The molecule has 1 aromatic carbocycles. The summed E-state index contributed by atoms with van der Waals surface area (Å²) in [5.41, 5.74) is 0. The third-order valence-corrected chi connectivity index (χ3v) is 5.92. The van der Waals surface area contributed by atoms with E-state index in [9.17, 15) is 13.5 Å². The average Bonchev–Trinajstić information content (AvgIpc) is 2.78. The zero-order valence-corrected chi connectivity index (χ0v) is 11.6. The van der Waals surface area contributed by atoms with Crippen molar-refractivity contribution in [3.8, 4) is 0 Å². The molecule has 1 aliphatic rings. The van der Waals surface area contributed by atoms with Crippen molar-refractivity contribution in [3.63, 3.8) is 0 Å². The Bertz CT molecular complexity index is 503. The first-order chi connectivity index (χ1) is 8.07. The molecular formula is C11H14BrNO3S. The number of halogens is 1. The minimum absolute atomic E-state index is 0.121. The van der Waals surface area contributed by atoms with Gasteiger partial charge in [-0.2, -0.15) is 4.31 Å². The molecular weight excluding hydrogens is 306 g/mol. The van der Waals surface area contributed by atoms with E-state index in [0.29, 0.717) is 11.0 Å². The minimum Gasteiger partial charge on any atom is -0.395 e. The Morgan fingerprint density at radius 2 is 2.12 bits per heavy atom. The first-order valence-corrected chi connectivity index (χ1v) is 7.68. The second-order valence-electron chi connectivity index (χ2n) is 4.02. The fourth-order valence-corrected chi connectivity index (χ4v) is 4.74. The van der Waals surface area contributed by atoms with E-state index in [0.717, 1.165) is 12.8 Å². The van der Waals surface area contributed by atoms with Gasteiger partial charge in [-0.05, 0) is 40.9 Å². The maximum absolute atomic E-state index is 12.4. The third kappa shape index (κ3) is 2.40. The Labute approximate surface area is 109 Å². The molecule has 0 aromatic heterocycles. The molecule has 4 nitrogen and oxygen atoms in total. The fraction of sp³-hybridized carbons (Fsp3) is 0.455. The lowest BCUT2D eigenvalue weighted by molar-refractivity contribution is 0.213. The lowest BCUT2D eigenvalue weighted by Crippen LogP contribution is -2.37. The van der Waals surface area contributed by atoms with Gasteiger partial charge in [-0.15, -0.1) is 0 Å². The van der Waals surface area contributed by atoms with Gasteiger partial charge >= 0.3 is 0 Å². The molecule has 94 valence electrons. The van der Waals surface area contributed by atoms with E-state index in [1.807, 2.05) is 0 Å². The van der Waals surface area contributed by atoms with Crippen LogP contribution in [0.25, 0.3) is 0 Å². The molecule has 1 aliphatic heterocycles. The van der Waals surface area contributed by atoms with Crippen molar-refractivity contribution in [1.82, 2.24) is 4.31 Å². The van der Waals surface area contributed by atoms with Crippen LogP contribution in [0.1, 0.15) is 12.8 Å². The molecule has 1 atom stereocenters. The van der Waals surface area contributed by atoms with E-state index in [1.165, 1.54) is 4.31 Å². The van der Waals surface area contributed by atoms with Crippen LogP contribution in [0.5, 0.6) is 0 Å². The van der Waals surface area contributed by atoms with Crippen molar-refractivity contribution in [3.05, 3.63) is 28.7 Å². The van der Waals surface area contributed by atoms with Gasteiger partial charge < -0.3 is 5.11 Å². The molecule has 6 heteroatoms. The Kier molecular flexibility index (Phi) is 3.87. The molecule has 1 saturated heterocycles. The molecule has 17 heavy (non-hydrogen) atoms. The predicted molar refractivity (Wildman–Crippen MR) is 68.1 cm³/mol. The van der Waals surface area contributed by atoms with Crippen LogP contribution in [0, 0.1) is 0 Å². The Morgan fingerprint density at radius 3 is 2.76 bits per heavy atom. The van der Waals surface area contributed by atoms with Crippen molar-refractivity contribution in [2.45, 2.75) is 23.8 Å². The van der Waals surface area contributed by atoms with Crippen molar-refractivity contribution >= 4 is 26.0 Å². The highest BCUT2D eigenvalue weighted by Crippen LogP contribution is 2.29. The smallest absolute Gasteiger partial charge is 0.244 e. The van der Waals surface area contributed by atoms with Crippen molar-refractivity contribution in [2.75, 3.05) is 13.2 Å². The van der Waals surface area contributed by atoms with E-state index >= 15 is 0 Å². The van der Waals surface area contributed by atoms with Gasteiger partial charge in [0.2, 0.25) is 10.0 Å². The summed E-state index contributed by atoms with van der Waals surface area (Å²) in [6, 6.07) is 6.47. The fourth-order valence-electron chi connectivity index (χ4n) is 2.09. The topological polar surface area (TPSA) is 57.6 Å². The van der Waals surface area contributed by atoms with Crippen LogP contribution in [-0.4, -0.2) is 37.0 Å². The van der Waals surface area contributed by atoms with Crippen LogP contribution in [0.3, 0.4) is 0 Å². The van der Waals surface area contributed by atoms with E-state index in [-0.39, 0.29) is 17.5 Å². The van der Waals surface area contributed by atoms with Crippen LogP contribution in [0.2, 0.25) is 0 Å². The van der Waals surface area contributed by atoms with Crippen molar-refractivity contribution in [1.29, 1.82) is 0 Å².